The third kappa shape index (κ3) is 5.22. The third-order valence-electron chi connectivity index (χ3n) is 4.71. The number of carbonyl (C=O) groups is 1. The number of amides is 1. The lowest BCUT2D eigenvalue weighted by Gasteiger charge is -2.40. The number of aliphatic imine (C=N–C) groups is 1. The first-order chi connectivity index (χ1) is 11.7. The van der Waals surface area contributed by atoms with Crippen LogP contribution >= 0.6 is 0 Å². The fourth-order valence-corrected chi connectivity index (χ4v) is 2.84. The van der Waals surface area contributed by atoms with Gasteiger partial charge in [-0.2, -0.15) is 0 Å². The smallest absolute Gasteiger partial charge is 0.252 e. The van der Waals surface area contributed by atoms with Gasteiger partial charge in [-0.25, -0.2) is 0 Å². The average Bonchev–Trinajstić information content (AvgIpc) is 2.58. The van der Waals surface area contributed by atoms with E-state index < -0.39 is 0 Å². The molecule has 2 rings (SSSR count). The summed E-state index contributed by atoms with van der Waals surface area (Å²) in [7, 11) is 0. The molecule has 24 heavy (non-hydrogen) atoms. The first kappa shape index (κ1) is 18.2. The second kappa shape index (κ2) is 9.25. The number of rotatable bonds is 8. The summed E-state index contributed by atoms with van der Waals surface area (Å²) in [5, 5.41) is 9.42. The number of nitrogens with zero attached hydrogens (tertiary/aromatic N) is 2. The monoisotopic (exact) mass is 331 g/mol. The van der Waals surface area contributed by atoms with Gasteiger partial charge in [-0.1, -0.05) is 13.3 Å². The van der Waals surface area contributed by atoms with Crippen LogP contribution < -0.4 is 16.0 Å². The summed E-state index contributed by atoms with van der Waals surface area (Å²) in [5.74, 6) is 0.721. The van der Waals surface area contributed by atoms with E-state index in [1.165, 1.54) is 25.7 Å². The average molecular weight is 331 g/mol. The number of carbonyl (C=O) groups excluding carboxylic acids is 1. The molecule has 6 nitrogen and oxygen atoms in total. The molecule has 0 bridgehead atoms. The van der Waals surface area contributed by atoms with Crippen LogP contribution in [-0.4, -0.2) is 43.0 Å². The molecule has 1 aliphatic rings. The molecule has 1 amide bonds. The van der Waals surface area contributed by atoms with Crippen molar-refractivity contribution in [2.45, 2.75) is 39.5 Å². The molecule has 1 aromatic rings. The highest BCUT2D eigenvalue weighted by atomic mass is 16.1. The zero-order valence-corrected chi connectivity index (χ0v) is 14.8. The van der Waals surface area contributed by atoms with Crippen LogP contribution in [0.25, 0.3) is 0 Å². The van der Waals surface area contributed by atoms with Gasteiger partial charge in [-0.15, -0.1) is 0 Å². The van der Waals surface area contributed by atoms with E-state index in [0.29, 0.717) is 24.1 Å². The lowest BCUT2D eigenvalue weighted by Crippen LogP contribution is -2.42. The molecule has 1 saturated carbocycles. The van der Waals surface area contributed by atoms with Gasteiger partial charge < -0.3 is 16.0 Å². The van der Waals surface area contributed by atoms with E-state index in [4.69, 9.17) is 4.99 Å². The quantitative estimate of drug-likeness (QED) is 0.386. The molecule has 1 fully saturated rings. The molecule has 1 aromatic heterocycles. The van der Waals surface area contributed by atoms with E-state index in [-0.39, 0.29) is 5.91 Å². The minimum absolute atomic E-state index is 0.105. The summed E-state index contributed by atoms with van der Waals surface area (Å²) in [4.78, 5) is 20.6. The predicted molar refractivity (Wildman–Crippen MR) is 97.1 cm³/mol. The van der Waals surface area contributed by atoms with Crippen molar-refractivity contribution in [1.29, 1.82) is 0 Å². The van der Waals surface area contributed by atoms with Gasteiger partial charge in [-0.3, -0.25) is 14.8 Å². The molecule has 0 spiro atoms. The van der Waals surface area contributed by atoms with Gasteiger partial charge in [0.25, 0.3) is 5.91 Å². The molecule has 0 aliphatic heterocycles. The van der Waals surface area contributed by atoms with Gasteiger partial charge in [0, 0.05) is 38.6 Å². The highest BCUT2D eigenvalue weighted by Crippen LogP contribution is 2.43. The molecule has 1 aliphatic carbocycles. The van der Waals surface area contributed by atoms with Crippen molar-refractivity contribution < 1.29 is 4.79 Å². The number of nitrogens with one attached hydrogen (secondary N) is 3. The Morgan fingerprint density at radius 2 is 2.04 bits per heavy atom. The van der Waals surface area contributed by atoms with Gasteiger partial charge in [-0.05, 0) is 43.7 Å². The van der Waals surface area contributed by atoms with Crippen molar-refractivity contribution in [3.63, 3.8) is 0 Å². The van der Waals surface area contributed by atoms with Crippen molar-refractivity contribution in [1.82, 2.24) is 20.9 Å². The van der Waals surface area contributed by atoms with Crippen LogP contribution in [0.15, 0.2) is 29.5 Å². The van der Waals surface area contributed by atoms with Crippen molar-refractivity contribution in [3.05, 3.63) is 30.1 Å². The Balaban J connectivity index is 1.74. The van der Waals surface area contributed by atoms with Crippen LogP contribution in [0.1, 0.15) is 49.9 Å². The summed E-state index contributed by atoms with van der Waals surface area (Å²) >= 11 is 0. The van der Waals surface area contributed by atoms with Gasteiger partial charge in [0.2, 0.25) is 0 Å². The molecule has 1 heterocycles. The lowest BCUT2D eigenvalue weighted by atomic mass is 9.67. The molecule has 0 unspecified atom stereocenters. The minimum atomic E-state index is -0.105. The number of guanidine groups is 1. The second-order valence-corrected chi connectivity index (χ2v) is 6.33. The standard InChI is InChI=1S/C18H29N5O/c1-3-18(8-6-9-18)14-23-17(20-4-2)22-12-11-21-16(24)15-7-5-10-19-13-15/h5,7,10,13H,3-4,6,8-9,11-12,14H2,1-2H3,(H,21,24)(H2,20,22,23). The maximum absolute atomic E-state index is 11.9. The lowest BCUT2D eigenvalue weighted by molar-refractivity contribution is 0.0954. The largest absolute Gasteiger partial charge is 0.357 e. The summed E-state index contributed by atoms with van der Waals surface area (Å²) in [6.07, 6.45) is 8.31. The Hall–Kier alpha value is -2.11. The first-order valence-corrected chi connectivity index (χ1v) is 8.89. The van der Waals surface area contributed by atoms with Gasteiger partial charge in [0.15, 0.2) is 5.96 Å². The highest BCUT2D eigenvalue weighted by Gasteiger charge is 2.34. The molecule has 0 aromatic carbocycles. The Bertz CT molecular complexity index is 534. The summed E-state index contributed by atoms with van der Waals surface area (Å²) in [6, 6.07) is 3.51. The van der Waals surface area contributed by atoms with Crippen LogP contribution in [0, 0.1) is 5.41 Å². The molecule has 132 valence electrons. The van der Waals surface area contributed by atoms with Crippen LogP contribution in [-0.2, 0) is 0 Å². The number of hydrogen-bond donors (Lipinski definition) is 3. The Kier molecular flexibility index (Phi) is 7.03. The summed E-state index contributed by atoms with van der Waals surface area (Å²) < 4.78 is 0. The maximum Gasteiger partial charge on any atom is 0.252 e. The summed E-state index contributed by atoms with van der Waals surface area (Å²) in [5.41, 5.74) is 0.990. The van der Waals surface area contributed by atoms with Crippen molar-refractivity contribution in [2.75, 3.05) is 26.2 Å². The molecule has 3 N–H and O–H groups in total. The van der Waals surface area contributed by atoms with Gasteiger partial charge in [0.05, 0.1) is 5.56 Å². The van der Waals surface area contributed by atoms with E-state index in [2.05, 4.69) is 34.8 Å². The summed E-state index contributed by atoms with van der Waals surface area (Å²) in [6.45, 7) is 7.19. The minimum Gasteiger partial charge on any atom is -0.357 e. The molecule has 0 atom stereocenters. The second-order valence-electron chi connectivity index (χ2n) is 6.33. The normalized spacial score (nSPS) is 16.2. The Morgan fingerprint density at radius 1 is 1.25 bits per heavy atom. The van der Waals surface area contributed by atoms with E-state index in [0.717, 1.165) is 19.0 Å². The number of hydrogen-bond acceptors (Lipinski definition) is 3. The third-order valence-corrected chi connectivity index (χ3v) is 4.71. The van der Waals surface area contributed by atoms with E-state index in [1.807, 2.05) is 0 Å². The van der Waals surface area contributed by atoms with E-state index in [9.17, 15) is 4.79 Å². The fourth-order valence-electron chi connectivity index (χ4n) is 2.84. The zero-order valence-electron chi connectivity index (χ0n) is 14.8. The molecule has 0 radical (unpaired) electrons. The topological polar surface area (TPSA) is 78.4 Å². The fraction of sp³-hybridized carbons (Fsp3) is 0.611. The first-order valence-electron chi connectivity index (χ1n) is 8.89. The van der Waals surface area contributed by atoms with Crippen molar-refractivity contribution in [3.8, 4) is 0 Å². The van der Waals surface area contributed by atoms with E-state index in [1.54, 1.807) is 24.5 Å². The molecule has 0 saturated heterocycles. The Morgan fingerprint density at radius 3 is 2.62 bits per heavy atom. The molecular weight excluding hydrogens is 302 g/mol. The van der Waals surface area contributed by atoms with Gasteiger partial charge in [0.1, 0.15) is 0 Å². The zero-order chi connectivity index (χ0) is 17.3. The highest BCUT2D eigenvalue weighted by molar-refractivity contribution is 5.93. The maximum atomic E-state index is 11.9. The van der Waals surface area contributed by atoms with Crippen LogP contribution in [0.2, 0.25) is 0 Å². The SMILES string of the molecule is CCNC(=NCC1(CC)CCC1)NCCNC(=O)c1cccnc1. The molecule has 6 heteroatoms. The van der Waals surface area contributed by atoms with Crippen LogP contribution in [0.3, 0.4) is 0 Å². The van der Waals surface area contributed by atoms with Crippen LogP contribution in [0.5, 0.6) is 0 Å². The Labute approximate surface area is 144 Å². The van der Waals surface area contributed by atoms with E-state index >= 15 is 0 Å². The van der Waals surface area contributed by atoms with Crippen molar-refractivity contribution in [2.24, 2.45) is 10.4 Å². The predicted octanol–water partition coefficient (Wildman–Crippen LogP) is 1.95. The van der Waals surface area contributed by atoms with Crippen LogP contribution in [0.4, 0.5) is 0 Å². The number of aromatic nitrogens is 1. The van der Waals surface area contributed by atoms with Crippen molar-refractivity contribution >= 4 is 11.9 Å². The molecular formula is C18H29N5O. The number of pyridine rings is 1. The van der Waals surface area contributed by atoms with Gasteiger partial charge >= 0.3 is 0 Å².